The van der Waals surface area contributed by atoms with Crippen LogP contribution in [0.2, 0.25) is 0 Å². The highest BCUT2D eigenvalue weighted by Crippen LogP contribution is 2.43. The van der Waals surface area contributed by atoms with Crippen LogP contribution in [0, 0.1) is 6.92 Å². The molecule has 0 spiro atoms. The molecule has 128 valence electrons. The fourth-order valence-corrected chi connectivity index (χ4v) is 4.76. The Kier molecular flexibility index (Phi) is 3.59. The molecular formula is C19H23BrN2O2. The van der Waals surface area contributed by atoms with Gasteiger partial charge in [0.1, 0.15) is 5.60 Å². The predicted octanol–water partition coefficient (Wildman–Crippen LogP) is 4.84. The molecule has 5 heteroatoms. The standard InChI is InChI=1S/C19H23BrN2O2/c1-10-7-11(20)8-13-16-14-6-5-12(21-14)9-15(16)22(17(10)13)18(23)24-19(2,3)4/h7-8,12,14,21H,5-6,9H2,1-4H3. The topological polar surface area (TPSA) is 43.3 Å². The maximum absolute atomic E-state index is 13.0. The van der Waals surface area contributed by atoms with Gasteiger partial charge in [-0.2, -0.15) is 0 Å². The lowest BCUT2D eigenvalue weighted by atomic mass is 9.98. The van der Waals surface area contributed by atoms with Crippen LogP contribution in [-0.4, -0.2) is 22.3 Å². The summed E-state index contributed by atoms with van der Waals surface area (Å²) < 4.78 is 8.61. The summed E-state index contributed by atoms with van der Waals surface area (Å²) in [7, 11) is 0. The van der Waals surface area contributed by atoms with Crippen molar-refractivity contribution in [1.29, 1.82) is 0 Å². The van der Waals surface area contributed by atoms with Gasteiger partial charge < -0.3 is 10.1 Å². The van der Waals surface area contributed by atoms with Gasteiger partial charge >= 0.3 is 6.09 Å². The Morgan fingerprint density at radius 3 is 2.79 bits per heavy atom. The number of carbonyl (C=O) groups excluding carboxylic acids is 1. The molecule has 2 aliphatic heterocycles. The second kappa shape index (κ2) is 5.33. The molecule has 2 bridgehead atoms. The number of hydrogen-bond donors (Lipinski definition) is 1. The number of aryl methyl sites for hydroxylation is 1. The van der Waals surface area contributed by atoms with E-state index in [1.54, 1.807) is 0 Å². The highest BCUT2D eigenvalue weighted by molar-refractivity contribution is 9.10. The van der Waals surface area contributed by atoms with Crippen molar-refractivity contribution in [3.63, 3.8) is 0 Å². The van der Waals surface area contributed by atoms with Crippen molar-refractivity contribution in [3.8, 4) is 0 Å². The van der Waals surface area contributed by atoms with Gasteiger partial charge in [-0.3, -0.25) is 0 Å². The third-order valence-corrected chi connectivity index (χ3v) is 5.42. The van der Waals surface area contributed by atoms with Crippen LogP contribution in [0.3, 0.4) is 0 Å². The van der Waals surface area contributed by atoms with Crippen molar-refractivity contribution in [2.24, 2.45) is 0 Å². The van der Waals surface area contributed by atoms with E-state index in [-0.39, 0.29) is 6.09 Å². The van der Waals surface area contributed by atoms with Crippen LogP contribution in [0.4, 0.5) is 4.79 Å². The van der Waals surface area contributed by atoms with Crippen LogP contribution in [0.1, 0.15) is 56.5 Å². The van der Waals surface area contributed by atoms with Gasteiger partial charge in [0.05, 0.1) is 5.52 Å². The smallest absolute Gasteiger partial charge is 0.419 e. The molecule has 4 nitrogen and oxygen atoms in total. The lowest BCUT2D eigenvalue weighted by Crippen LogP contribution is -2.34. The Labute approximate surface area is 150 Å². The number of nitrogens with zero attached hydrogens (tertiary/aromatic N) is 1. The van der Waals surface area contributed by atoms with Crippen molar-refractivity contribution >= 4 is 32.9 Å². The van der Waals surface area contributed by atoms with E-state index in [0.29, 0.717) is 12.1 Å². The monoisotopic (exact) mass is 390 g/mol. The second-order valence-corrected chi connectivity index (χ2v) is 8.91. The Morgan fingerprint density at radius 1 is 1.33 bits per heavy atom. The number of benzene rings is 1. The third kappa shape index (κ3) is 2.49. The summed E-state index contributed by atoms with van der Waals surface area (Å²) in [5.74, 6) is 0. The average molecular weight is 391 g/mol. The molecule has 2 unspecified atom stereocenters. The minimum Gasteiger partial charge on any atom is -0.443 e. The fourth-order valence-electron chi connectivity index (χ4n) is 4.19. The van der Waals surface area contributed by atoms with Crippen LogP contribution in [0.5, 0.6) is 0 Å². The molecule has 1 aromatic heterocycles. The highest BCUT2D eigenvalue weighted by Gasteiger charge is 2.38. The van der Waals surface area contributed by atoms with Crippen molar-refractivity contribution in [2.45, 2.75) is 64.6 Å². The van der Waals surface area contributed by atoms with Crippen molar-refractivity contribution < 1.29 is 9.53 Å². The van der Waals surface area contributed by atoms with E-state index in [0.717, 1.165) is 34.1 Å². The van der Waals surface area contributed by atoms with Gasteiger partial charge in [0.25, 0.3) is 0 Å². The molecule has 2 atom stereocenters. The van der Waals surface area contributed by atoms with Crippen LogP contribution in [0.25, 0.3) is 10.9 Å². The van der Waals surface area contributed by atoms with Gasteiger partial charge in [0.15, 0.2) is 0 Å². The van der Waals surface area contributed by atoms with Crippen LogP contribution >= 0.6 is 15.9 Å². The summed E-state index contributed by atoms with van der Waals surface area (Å²) in [5, 5.41) is 4.86. The molecule has 1 saturated heterocycles. The van der Waals surface area contributed by atoms with Gasteiger partial charge in [0.2, 0.25) is 0 Å². The molecule has 2 aromatic rings. The quantitative estimate of drug-likeness (QED) is 0.699. The Morgan fingerprint density at radius 2 is 2.08 bits per heavy atom. The summed E-state index contributed by atoms with van der Waals surface area (Å²) in [6, 6.07) is 5.03. The molecule has 4 rings (SSSR count). The predicted molar refractivity (Wildman–Crippen MR) is 98.6 cm³/mol. The molecule has 1 fully saturated rings. The summed E-state index contributed by atoms with van der Waals surface area (Å²) in [5.41, 5.74) is 4.00. The number of rotatable bonds is 0. The number of halogens is 1. The van der Waals surface area contributed by atoms with E-state index in [1.807, 2.05) is 25.3 Å². The molecule has 1 aromatic carbocycles. The first-order valence-corrected chi connectivity index (χ1v) is 9.36. The Hall–Kier alpha value is -1.33. The van der Waals surface area contributed by atoms with Crippen LogP contribution < -0.4 is 5.32 Å². The fraction of sp³-hybridized carbons (Fsp3) is 0.526. The Bertz CT molecular complexity index is 847. The first-order chi connectivity index (χ1) is 11.2. The summed E-state index contributed by atoms with van der Waals surface area (Å²) in [4.78, 5) is 13.0. The SMILES string of the molecule is Cc1cc(Br)cc2c3c(n(C(=O)OC(C)(C)C)c12)CC1CCC3N1. The van der Waals surface area contributed by atoms with E-state index in [4.69, 9.17) is 4.74 Å². The molecular weight excluding hydrogens is 368 g/mol. The first-order valence-electron chi connectivity index (χ1n) is 8.57. The summed E-state index contributed by atoms with van der Waals surface area (Å²) in [6.07, 6.45) is 2.93. The second-order valence-electron chi connectivity index (χ2n) is 7.99. The minimum atomic E-state index is -0.504. The molecule has 0 saturated carbocycles. The minimum absolute atomic E-state index is 0.263. The van der Waals surface area contributed by atoms with Crippen molar-refractivity contribution in [1.82, 2.24) is 9.88 Å². The number of fused-ring (bicyclic) bond motifs is 6. The normalized spacial score (nSPS) is 22.7. The summed E-state index contributed by atoms with van der Waals surface area (Å²) in [6.45, 7) is 7.80. The zero-order chi connectivity index (χ0) is 17.2. The molecule has 0 aliphatic carbocycles. The van der Waals surface area contributed by atoms with E-state index in [1.165, 1.54) is 17.4 Å². The van der Waals surface area contributed by atoms with E-state index >= 15 is 0 Å². The van der Waals surface area contributed by atoms with Gasteiger partial charge in [0, 0.05) is 34.1 Å². The maximum atomic E-state index is 13.0. The molecule has 0 amide bonds. The number of carbonyl (C=O) groups is 1. The molecule has 24 heavy (non-hydrogen) atoms. The van der Waals surface area contributed by atoms with E-state index in [2.05, 4.69) is 40.3 Å². The van der Waals surface area contributed by atoms with E-state index in [9.17, 15) is 4.79 Å². The molecule has 2 aliphatic rings. The highest BCUT2D eigenvalue weighted by atomic mass is 79.9. The number of aromatic nitrogens is 1. The third-order valence-electron chi connectivity index (χ3n) is 4.96. The molecule has 0 radical (unpaired) electrons. The number of ether oxygens (including phenoxy) is 1. The van der Waals surface area contributed by atoms with Crippen LogP contribution in [-0.2, 0) is 11.2 Å². The summed E-state index contributed by atoms with van der Waals surface area (Å²) >= 11 is 3.61. The lowest BCUT2D eigenvalue weighted by Gasteiger charge is -2.25. The van der Waals surface area contributed by atoms with Crippen LogP contribution in [0.15, 0.2) is 16.6 Å². The largest absolute Gasteiger partial charge is 0.443 e. The average Bonchev–Trinajstić information content (AvgIpc) is 2.96. The van der Waals surface area contributed by atoms with Crippen molar-refractivity contribution in [3.05, 3.63) is 33.4 Å². The zero-order valence-electron chi connectivity index (χ0n) is 14.6. The maximum Gasteiger partial charge on any atom is 0.419 e. The van der Waals surface area contributed by atoms with Gasteiger partial charge in [-0.05, 0) is 63.8 Å². The van der Waals surface area contributed by atoms with Gasteiger partial charge in [-0.15, -0.1) is 0 Å². The number of nitrogens with one attached hydrogen (secondary N) is 1. The van der Waals surface area contributed by atoms with Crippen molar-refractivity contribution in [2.75, 3.05) is 0 Å². The zero-order valence-corrected chi connectivity index (χ0v) is 16.2. The van der Waals surface area contributed by atoms with Gasteiger partial charge in [-0.1, -0.05) is 15.9 Å². The van der Waals surface area contributed by atoms with Gasteiger partial charge in [-0.25, -0.2) is 9.36 Å². The Balaban J connectivity index is 1.99. The lowest BCUT2D eigenvalue weighted by molar-refractivity contribution is 0.0539. The molecule has 1 N–H and O–H groups in total. The molecule has 3 heterocycles. The number of hydrogen-bond acceptors (Lipinski definition) is 3. The first kappa shape index (κ1) is 16.2. The van der Waals surface area contributed by atoms with E-state index < -0.39 is 5.60 Å².